The van der Waals surface area contributed by atoms with Crippen molar-refractivity contribution in [2.24, 2.45) is 0 Å². The van der Waals surface area contributed by atoms with E-state index in [-0.39, 0.29) is 5.91 Å². The minimum Gasteiger partial charge on any atom is -0.334 e. The van der Waals surface area contributed by atoms with Crippen LogP contribution in [0.5, 0.6) is 0 Å². The largest absolute Gasteiger partial charge is 0.334 e. The summed E-state index contributed by atoms with van der Waals surface area (Å²) in [5.41, 5.74) is 5.87. The van der Waals surface area contributed by atoms with E-state index in [0.29, 0.717) is 23.8 Å². The normalized spacial score (nSPS) is 11.3. The van der Waals surface area contributed by atoms with Crippen LogP contribution in [0.2, 0.25) is 5.02 Å². The lowest BCUT2D eigenvalue weighted by Gasteiger charge is -2.22. The Morgan fingerprint density at radius 1 is 1.11 bits per heavy atom. The lowest BCUT2D eigenvalue weighted by atomic mass is 10.0. The Hall–Kier alpha value is -2.99. The summed E-state index contributed by atoms with van der Waals surface area (Å²) in [6.45, 7) is 6.62. The van der Waals surface area contributed by atoms with Crippen molar-refractivity contribution in [3.8, 4) is 0 Å². The van der Waals surface area contributed by atoms with Gasteiger partial charge in [0, 0.05) is 36.0 Å². The Morgan fingerprint density at radius 2 is 1.86 bits per heavy atom. The number of halogens is 1. The number of pyridine rings is 1. The highest BCUT2D eigenvalue weighted by Gasteiger charge is 2.17. The number of aromatic nitrogens is 4. The summed E-state index contributed by atoms with van der Waals surface area (Å²) >= 11 is 5.97. The van der Waals surface area contributed by atoms with Gasteiger partial charge < -0.3 is 4.90 Å². The number of fused-ring (bicyclic) bond motifs is 3. The van der Waals surface area contributed by atoms with Gasteiger partial charge in [0.25, 0.3) is 0 Å². The molecule has 0 spiro atoms. The van der Waals surface area contributed by atoms with Crippen LogP contribution in [0, 0.1) is 13.8 Å². The standard InChI is InChI=1S/C21H20ClN5O/c1-13-8-14(2)19-10-17(21-23-24-25-27(21)20(19)9-13)12-26(15(3)28)11-16-4-6-18(22)7-5-16/h4-10H,11-12H2,1-3H3. The highest BCUT2D eigenvalue weighted by molar-refractivity contribution is 6.30. The van der Waals surface area contributed by atoms with Gasteiger partial charge in [0.05, 0.1) is 5.52 Å². The van der Waals surface area contributed by atoms with Gasteiger partial charge in [0.15, 0.2) is 5.65 Å². The van der Waals surface area contributed by atoms with E-state index in [0.717, 1.165) is 33.2 Å². The first-order valence-corrected chi connectivity index (χ1v) is 9.41. The quantitative estimate of drug-likeness (QED) is 0.523. The summed E-state index contributed by atoms with van der Waals surface area (Å²) in [7, 11) is 0. The monoisotopic (exact) mass is 393 g/mol. The van der Waals surface area contributed by atoms with E-state index in [9.17, 15) is 4.79 Å². The lowest BCUT2D eigenvalue weighted by molar-refractivity contribution is -0.130. The van der Waals surface area contributed by atoms with Gasteiger partial charge in [0.2, 0.25) is 5.91 Å². The van der Waals surface area contributed by atoms with Crippen molar-refractivity contribution in [3.63, 3.8) is 0 Å². The van der Waals surface area contributed by atoms with Crippen LogP contribution >= 0.6 is 11.6 Å². The molecule has 0 aliphatic carbocycles. The second-order valence-corrected chi connectivity index (χ2v) is 7.54. The molecule has 4 aromatic rings. The molecule has 4 rings (SSSR count). The van der Waals surface area contributed by atoms with Crippen LogP contribution < -0.4 is 0 Å². The molecule has 0 fully saturated rings. The maximum Gasteiger partial charge on any atom is 0.220 e. The number of amides is 1. The van der Waals surface area contributed by atoms with Gasteiger partial charge in [-0.25, -0.2) is 0 Å². The fourth-order valence-corrected chi connectivity index (χ4v) is 3.64. The Bertz CT molecular complexity index is 1180. The van der Waals surface area contributed by atoms with Crippen molar-refractivity contribution < 1.29 is 4.79 Å². The van der Waals surface area contributed by atoms with Crippen LogP contribution in [-0.4, -0.2) is 30.8 Å². The molecule has 6 nitrogen and oxygen atoms in total. The zero-order valence-corrected chi connectivity index (χ0v) is 16.7. The Labute approximate surface area is 167 Å². The van der Waals surface area contributed by atoms with E-state index >= 15 is 0 Å². The summed E-state index contributed by atoms with van der Waals surface area (Å²) in [5, 5.41) is 14.0. The molecule has 0 N–H and O–H groups in total. The number of carbonyl (C=O) groups excluding carboxylic acids is 1. The first-order valence-electron chi connectivity index (χ1n) is 9.03. The van der Waals surface area contributed by atoms with E-state index in [1.165, 1.54) is 0 Å². The molecule has 7 heteroatoms. The molecule has 0 aliphatic heterocycles. The van der Waals surface area contributed by atoms with Crippen molar-refractivity contribution in [1.29, 1.82) is 0 Å². The Kier molecular flexibility index (Phi) is 4.73. The van der Waals surface area contributed by atoms with Gasteiger partial charge in [-0.3, -0.25) is 4.79 Å². The highest BCUT2D eigenvalue weighted by Crippen LogP contribution is 2.25. The third-order valence-corrected chi connectivity index (χ3v) is 5.16. The van der Waals surface area contributed by atoms with E-state index in [2.05, 4.69) is 47.6 Å². The highest BCUT2D eigenvalue weighted by atomic mass is 35.5. The molecule has 2 heterocycles. The van der Waals surface area contributed by atoms with Gasteiger partial charge in [-0.05, 0) is 65.2 Å². The zero-order chi connectivity index (χ0) is 19.8. The maximum atomic E-state index is 12.3. The molecule has 28 heavy (non-hydrogen) atoms. The van der Waals surface area contributed by atoms with E-state index < -0.39 is 0 Å². The van der Waals surface area contributed by atoms with E-state index in [4.69, 9.17) is 11.6 Å². The third-order valence-electron chi connectivity index (χ3n) is 4.91. The smallest absolute Gasteiger partial charge is 0.220 e. The number of rotatable bonds is 4. The number of carbonyl (C=O) groups is 1. The zero-order valence-electron chi connectivity index (χ0n) is 16.0. The number of hydrogen-bond donors (Lipinski definition) is 0. The number of aryl methyl sites for hydroxylation is 2. The second-order valence-electron chi connectivity index (χ2n) is 7.10. The predicted molar refractivity (Wildman–Crippen MR) is 109 cm³/mol. The van der Waals surface area contributed by atoms with Crippen LogP contribution in [-0.2, 0) is 17.9 Å². The van der Waals surface area contributed by atoms with Crippen molar-refractivity contribution >= 4 is 34.1 Å². The summed E-state index contributed by atoms with van der Waals surface area (Å²) < 4.78 is 1.76. The minimum absolute atomic E-state index is 0.0127. The van der Waals surface area contributed by atoms with Gasteiger partial charge >= 0.3 is 0 Å². The molecule has 0 atom stereocenters. The average Bonchev–Trinajstić information content (AvgIpc) is 3.14. The van der Waals surface area contributed by atoms with Crippen molar-refractivity contribution in [2.45, 2.75) is 33.9 Å². The molecule has 1 amide bonds. The van der Waals surface area contributed by atoms with Crippen molar-refractivity contribution in [1.82, 2.24) is 24.9 Å². The first kappa shape index (κ1) is 18.4. The second kappa shape index (κ2) is 7.20. The van der Waals surface area contributed by atoms with Crippen molar-refractivity contribution in [3.05, 3.63) is 69.7 Å². The molecule has 0 aliphatic rings. The van der Waals surface area contributed by atoms with E-state index in [1.54, 1.807) is 16.3 Å². The van der Waals surface area contributed by atoms with Gasteiger partial charge in [0.1, 0.15) is 0 Å². The Morgan fingerprint density at radius 3 is 2.57 bits per heavy atom. The van der Waals surface area contributed by atoms with Gasteiger partial charge in [-0.1, -0.05) is 29.8 Å². The van der Waals surface area contributed by atoms with Crippen LogP contribution in [0.1, 0.15) is 29.2 Å². The van der Waals surface area contributed by atoms with Crippen LogP contribution in [0.3, 0.4) is 0 Å². The molecule has 0 bridgehead atoms. The molecule has 0 saturated heterocycles. The summed E-state index contributed by atoms with van der Waals surface area (Å²) in [5.74, 6) is -0.0127. The van der Waals surface area contributed by atoms with Gasteiger partial charge in [-0.15, -0.1) is 5.10 Å². The molecule has 142 valence electrons. The third kappa shape index (κ3) is 3.43. The molecule has 2 aromatic carbocycles. The summed E-state index contributed by atoms with van der Waals surface area (Å²) in [4.78, 5) is 14.1. The van der Waals surface area contributed by atoms with Crippen molar-refractivity contribution in [2.75, 3.05) is 0 Å². The maximum absolute atomic E-state index is 12.3. The van der Waals surface area contributed by atoms with Gasteiger partial charge in [-0.2, -0.15) is 4.52 Å². The fourth-order valence-electron chi connectivity index (χ4n) is 3.52. The summed E-state index contributed by atoms with van der Waals surface area (Å²) in [6.07, 6.45) is 0. The number of benzene rings is 2. The molecular weight excluding hydrogens is 374 g/mol. The van der Waals surface area contributed by atoms with Crippen LogP contribution in [0.4, 0.5) is 0 Å². The fraction of sp³-hybridized carbons (Fsp3) is 0.238. The SMILES string of the molecule is CC(=O)N(Cc1ccc(Cl)cc1)Cc1cc2c(C)cc(C)cc2n2nnnc12. The number of nitrogens with zero attached hydrogens (tertiary/aromatic N) is 5. The van der Waals surface area contributed by atoms with E-state index in [1.807, 2.05) is 24.3 Å². The lowest BCUT2D eigenvalue weighted by Crippen LogP contribution is -2.28. The first-order chi connectivity index (χ1) is 13.4. The predicted octanol–water partition coefficient (Wildman–Crippen LogP) is 4.10. The summed E-state index contributed by atoms with van der Waals surface area (Å²) in [6, 6.07) is 13.8. The number of hydrogen-bond acceptors (Lipinski definition) is 4. The molecule has 0 saturated carbocycles. The average molecular weight is 394 g/mol. The molecule has 0 unspecified atom stereocenters. The number of tetrazole rings is 1. The van der Waals surface area contributed by atoms with Crippen LogP contribution in [0.15, 0.2) is 42.5 Å². The molecule has 0 radical (unpaired) electrons. The minimum atomic E-state index is -0.0127. The van der Waals surface area contributed by atoms with Crippen LogP contribution in [0.25, 0.3) is 16.6 Å². The Balaban J connectivity index is 1.77. The molecular formula is C21H20ClN5O. The molecule has 2 aromatic heterocycles. The topological polar surface area (TPSA) is 63.4 Å².